The van der Waals surface area contributed by atoms with Gasteiger partial charge < -0.3 is 15.5 Å². The van der Waals surface area contributed by atoms with Crippen molar-refractivity contribution in [2.45, 2.75) is 45.1 Å². The molecule has 1 aromatic heterocycles. The van der Waals surface area contributed by atoms with E-state index < -0.39 is 11.5 Å². The quantitative estimate of drug-likeness (QED) is 0.484. The minimum Gasteiger partial charge on any atom is -0.459 e. The second kappa shape index (κ2) is 8.50. The number of terminal acetylenes is 1. The highest BCUT2D eigenvalue weighted by Crippen LogP contribution is 2.28. The van der Waals surface area contributed by atoms with E-state index in [-0.39, 0.29) is 5.97 Å². The first kappa shape index (κ1) is 20.6. The standard InChI is InChI=1S/C24H27N3O2/c1-5-16-8-9-18-14-19(11-10-17(18)13-16)21-15-26-22(27-21)20(7-6-12-25)23(28)29-24(2,3)4/h1,8-11,13-15,20H,6-7,12,25H2,2-4H3,(H,26,27)/t20-/m0/s1. The number of aromatic nitrogens is 2. The fourth-order valence-electron chi connectivity index (χ4n) is 3.22. The van der Waals surface area contributed by atoms with Gasteiger partial charge in [-0.25, -0.2) is 4.98 Å². The average Bonchev–Trinajstić information content (AvgIpc) is 3.16. The number of hydrogen-bond acceptors (Lipinski definition) is 4. The van der Waals surface area contributed by atoms with Gasteiger partial charge >= 0.3 is 5.97 Å². The van der Waals surface area contributed by atoms with Crippen LogP contribution in [0, 0.1) is 12.3 Å². The zero-order valence-corrected chi connectivity index (χ0v) is 17.2. The Morgan fingerprint density at radius 1 is 1.24 bits per heavy atom. The average molecular weight is 389 g/mol. The molecule has 3 aromatic rings. The molecule has 0 aliphatic rings. The molecule has 1 heterocycles. The molecule has 0 radical (unpaired) electrons. The van der Waals surface area contributed by atoms with Crippen molar-refractivity contribution in [3.05, 3.63) is 54.0 Å². The zero-order chi connectivity index (χ0) is 21.0. The summed E-state index contributed by atoms with van der Waals surface area (Å²) >= 11 is 0. The third-order valence-electron chi connectivity index (χ3n) is 4.63. The lowest BCUT2D eigenvalue weighted by Crippen LogP contribution is -2.28. The Balaban J connectivity index is 1.89. The minimum atomic E-state index is -0.553. The third kappa shape index (κ3) is 5.04. The lowest BCUT2D eigenvalue weighted by molar-refractivity contribution is -0.157. The van der Waals surface area contributed by atoms with Crippen LogP contribution in [-0.4, -0.2) is 28.1 Å². The van der Waals surface area contributed by atoms with E-state index >= 15 is 0 Å². The molecule has 0 saturated heterocycles. The number of carbonyl (C=O) groups excluding carboxylic acids is 1. The first-order valence-electron chi connectivity index (χ1n) is 9.79. The first-order valence-corrected chi connectivity index (χ1v) is 9.79. The van der Waals surface area contributed by atoms with Gasteiger partial charge in [0.05, 0.1) is 11.9 Å². The Kier molecular flexibility index (Phi) is 6.05. The number of nitrogens with zero attached hydrogens (tertiary/aromatic N) is 1. The van der Waals surface area contributed by atoms with E-state index in [2.05, 4.69) is 22.0 Å². The molecule has 0 aliphatic heterocycles. The van der Waals surface area contributed by atoms with Crippen LogP contribution in [0.15, 0.2) is 42.6 Å². The number of nitrogens with two attached hydrogens (primary N) is 1. The second-order valence-electron chi connectivity index (χ2n) is 8.12. The highest BCUT2D eigenvalue weighted by atomic mass is 16.6. The summed E-state index contributed by atoms with van der Waals surface area (Å²) in [7, 11) is 0. The van der Waals surface area contributed by atoms with Crippen LogP contribution < -0.4 is 5.73 Å². The Labute approximate surface area is 171 Å². The van der Waals surface area contributed by atoms with Crippen molar-refractivity contribution >= 4 is 16.7 Å². The van der Waals surface area contributed by atoms with Gasteiger partial charge in [0.1, 0.15) is 17.3 Å². The topological polar surface area (TPSA) is 81.0 Å². The third-order valence-corrected chi connectivity index (χ3v) is 4.63. The van der Waals surface area contributed by atoms with Crippen molar-refractivity contribution < 1.29 is 9.53 Å². The minimum absolute atomic E-state index is 0.285. The van der Waals surface area contributed by atoms with Gasteiger partial charge in [-0.3, -0.25) is 4.79 Å². The molecule has 5 nitrogen and oxygen atoms in total. The summed E-state index contributed by atoms with van der Waals surface area (Å²) in [6, 6.07) is 12.1. The van der Waals surface area contributed by atoms with Crippen LogP contribution in [0.5, 0.6) is 0 Å². The van der Waals surface area contributed by atoms with Gasteiger partial charge in [0.2, 0.25) is 0 Å². The summed E-state index contributed by atoms with van der Waals surface area (Å²) in [6.07, 6.45) is 8.54. The largest absolute Gasteiger partial charge is 0.459 e. The molecule has 5 heteroatoms. The number of imidazole rings is 1. The summed E-state index contributed by atoms with van der Waals surface area (Å²) in [5, 5.41) is 2.17. The molecular formula is C24H27N3O2. The molecule has 0 amide bonds. The Bertz CT molecular complexity index is 1050. The molecule has 3 rings (SSSR count). The normalized spacial score (nSPS) is 12.5. The van der Waals surface area contributed by atoms with Gasteiger partial charge in [-0.05, 0) is 69.1 Å². The number of nitrogens with one attached hydrogen (secondary N) is 1. The molecule has 150 valence electrons. The number of benzene rings is 2. The monoisotopic (exact) mass is 389 g/mol. The number of hydrogen-bond donors (Lipinski definition) is 2. The van der Waals surface area contributed by atoms with Gasteiger partial charge in [-0.15, -0.1) is 6.42 Å². The van der Waals surface area contributed by atoms with Gasteiger partial charge in [0.15, 0.2) is 0 Å². The summed E-state index contributed by atoms with van der Waals surface area (Å²) in [4.78, 5) is 20.5. The smallest absolute Gasteiger partial charge is 0.317 e. The molecule has 0 saturated carbocycles. The summed E-state index contributed by atoms with van der Waals surface area (Å²) in [5.74, 6) is 2.51. The number of H-pyrrole nitrogens is 1. The number of fused-ring (bicyclic) bond motifs is 1. The van der Waals surface area contributed by atoms with Gasteiger partial charge in [0.25, 0.3) is 0 Å². The van der Waals surface area contributed by atoms with Crippen molar-refractivity contribution in [2.75, 3.05) is 6.54 Å². The Morgan fingerprint density at radius 2 is 1.97 bits per heavy atom. The molecule has 0 unspecified atom stereocenters. The molecule has 0 bridgehead atoms. The predicted molar refractivity (Wildman–Crippen MR) is 116 cm³/mol. The van der Waals surface area contributed by atoms with Crippen LogP contribution in [0.1, 0.15) is 50.9 Å². The van der Waals surface area contributed by atoms with Crippen LogP contribution in [0.2, 0.25) is 0 Å². The summed E-state index contributed by atoms with van der Waals surface area (Å²) in [5.41, 5.74) is 7.80. The second-order valence-corrected chi connectivity index (χ2v) is 8.12. The highest BCUT2D eigenvalue weighted by molar-refractivity contribution is 5.88. The van der Waals surface area contributed by atoms with Crippen LogP contribution in [0.4, 0.5) is 0 Å². The van der Waals surface area contributed by atoms with Crippen LogP contribution in [0.25, 0.3) is 22.0 Å². The number of ether oxygens (including phenoxy) is 1. The Hall–Kier alpha value is -3.10. The maximum atomic E-state index is 12.7. The molecule has 0 fully saturated rings. The number of carbonyl (C=O) groups is 1. The van der Waals surface area contributed by atoms with Crippen LogP contribution >= 0.6 is 0 Å². The van der Waals surface area contributed by atoms with E-state index in [1.807, 2.05) is 51.1 Å². The van der Waals surface area contributed by atoms with E-state index in [1.54, 1.807) is 6.20 Å². The lowest BCUT2D eigenvalue weighted by Gasteiger charge is -2.23. The predicted octanol–water partition coefficient (Wildman–Crippen LogP) is 4.38. The van der Waals surface area contributed by atoms with E-state index in [0.29, 0.717) is 25.2 Å². The first-order chi connectivity index (χ1) is 13.8. The summed E-state index contributed by atoms with van der Waals surface area (Å²) in [6.45, 7) is 6.09. The van der Waals surface area contributed by atoms with E-state index in [4.69, 9.17) is 16.9 Å². The fraction of sp³-hybridized carbons (Fsp3) is 0.333. The maximum Gasteiger partial charge on any atom is 0.317 e. The maximum absolute atomic E-state index is 12.7. The van der Waals surface area contributed by atoms with E-state index in [0.717, 1.165) is 27.6 Å². The molecule has 29 heavy (non-hydrogen) atoms. The van der Waals surface area contributed by atoms with Crippen LogP contribution in [-0.2, 0) is 9.53 Å². The number of rotatable bonds is 6. The molecule has 0 aliphatic carbocycles. The molecule has 2 aromatic carbocycles. The van der Waals surface area contributed by atoms with Gasteiger partial charge in [-0.1, -0.05) is 24.1 Å². The molecular weight excluding hydrogens is 362 g/mol. The van der Waals surface area contributed by atoms with E-state index in [9.17, 15) is 4.79 Å². The SMILES string of the molecule is C#Cc1ccc2cc(-c3cnc([C@H](CCCN)C(=O)OC(C)(C)C)[nH]3)ccc2c1. The van der Waals surface area contributed by atoms with Crippen molar-refractivity contribution in [1.29, 1.82) is 0 Å². The zero-order valence-electron chi connectivity index (χ0n) is 17.2. The fourth-order valence-corrected chi connectivity index (χ4v) is 3.22. The van der Waals surface area contributed by atoms with Crippen molar-refractivity contribution in [1.82, 2.24) is 9.97 Å². The molecule has 1 atom stereocenters. The van der Waals surface area contributed by atoms with Gasteiger partial charge in [0, 0.05) is 11.1 Å². The van der Waals surface area contributed by atoms with Crippen molar-refractivity contribution in [2.24, 2.45) is 5.73 Å². The van der Waals surface area contributed by atoms with Gasteiger partial charge in [-0.2, -0.15) is 0 Å². The van der Waals surface area contributed by atoms with Crippen molar-refractivity contribution in [3.8, 4) is 23.6 Å². The van der Waals surface area contributed by atoms with Crippen molar-refractivity contribution in [3.63, 3.8) is 0 Å². The number of esters is 1. The molecule has 0 spiro atoms. The van der Waals surface area contributed by atoms with E-state index in [1.165, 1.54) is 0 Å². The lowest BCUT2D eigenvalue weighted by atomic mass is 10.0. The summed E-state index contributed by atoms with van der Waals surface area (Å²) < 4.78 is 5.59. The number of aromatic amines is 1. The Morgan fingerprint density at radius 3 is 2.66 bits per heavy atom. The van der Waals surface area contributed by atoms with Crippen LogP contribution in [0.3, 0.4) is 0 Å². The molecule has 3 N–H and O–H groups in total. The highest BCUT2D eigenvalue weighted by Gasteiger charge is 2.28.